The van der Waals surface area contributed by atoms with Gasteiger partial charge in [0.15, 0.2) is 0 Å². The zero-order valence-electron chi connectivity index (χ0n) is 8.41. The number of hydrogen-bond acceptors (Lipinski definition) is 2. The van der Waals surface area contributed by atoms with Crippen LogP contribution in [0.25, 0.3) is 0 Å². The second-order valence-corrected chi connectivity index (χ2v) is 3.41. The van der Waals surface area contributed by atoms with Gasteiger partial charge in [0.05, 0.1) is 0 Å². The van der Waals surface area contributed by atoms with E-state index in [2.05, 4.69) is 39.4 Å². The zero-order valence-corrected chi connectivity index (χ0v) is 8.41. The van der Waals surface area contributed by atoms with Crippen LogP contribution in [0.5, 0.6) is 0 Å². The number of hydrogen-bond donors (Lipinski definition) is 1. The summed E-state index contributed by atoms with van der Waals surface area (Å²) in [5, 5.41) is 3.50. The molecule has 0 radical (unpaired) electrons. The minimum absolute atomic E-state index is 0.354. The first-order valence-electron chi connectivity index (χ1n) is 4.21. The van der Waals surface area contributed by atoms with Crippen LogP contribution in [0.1, 0.15) is 27.7 Å². The summed E-state index contributed by atoms with van der Waals surface area (Å²) in [6.45, 7) is 12.3. The molecule has 70 valence electrons. The molecule has 0 aliphatic rings. The van der Waals surface area contributed by atoms with E-state index in [1.165, 1.54) is 0 Å². The maximum Gasteiger partial charge on any atom is 0.115 e. The Labute approximate surface area is 74.9 Å². The van der Waals surface area contributed by atoms with E-state index in [9.17, 15) is 0 Å². The van der Waals surface area contributed by atoms with Crippen LogP contribution in [0.2, 0.25) is 0 Å². The highest BCUT2D eigenvalue weighted by atomic mass is 15.2. The number of hydrazone groups is 1. The minimum atomic E-state index is 0.354. The van der Waals surface area contributed by atoms with E-state index >= 15 is 0 Å². The van der Waals surface area contributed by atoms with Crippen LogP contribution in [0.4, 0.5) is 0 Å². The molecule has 3 nitrogen and oxygen atoms in total. The number of nitrogens with two attached hydrogens (primary N) is 1. The summed E-state index contributed by atoms with van der Waals surface area (Å²) in [5.41, 5.74) is 1.04. The molecule has 0 rings (SSSR count). The van der Waals surface area contributed by atoms with Gasteiger partial charge in [-0.1, -0.05) is 20.4 Å². The lowest BCUT2D eigenvalue weighted by atomic mass is 10.1. The monoisotopic (exact) mass is 169 g/mol. The molecule has 0 spiro atoms. The smallest absolute Gasteiger partial charge is 0.115 e. The van der Waals surface area contributed by atoms with Gasteiger partial charge >= 0.3 is 0 Å². The van der Waals surface area contributed by atoms with Crippen molar-refractivity contribution in [1.29, 1.82) is 0 Å². The molecule has 0 fully saturated rings. The molecule has 0 aromatic heterocycles. The molecule has 0 saturated heterocycles. The van der Waals surface area contributed by atoms with Gasteiger partial charge in [-0.15, -0.1) is 0 Å². The Hall–Kier alpha value is -0.990. The molecule has 12 heavy (non-hydrogen) atoms. The summed E-state index contributed by atoms with van der Waals surface area (Å²) in [4.78, 5) is 1.98. The van der Waals surface area contributed by atoms with Gasteiger partial charge in [-0.25, -0.2) is 0 Å². The van der Waals surface area contributed by atoms with Crippen molar-refractivity contribution >= 4 is 6.34 Å². The summed E-state index contributed by atoms with van der Waals surface area (Å²) in [5.74, 6) is 5.51. The van der Waals surface area contributed by atoms with Gasteiger partial charge in [-0.2, -0.15) is 5.10 Å². The Morgan fingerprint density at radius 1 is 1.42 bits per heavy atom. The lowest BCUT2D eigenvalue weighted by Gasteiger charge is -2.27. The topological polar surface area (TPSA) is 41.6 Å². The Kier molecular flexibility index (Phi) is 4.40. The second-order valence-electron chi connectivity index (χ2n) is 3.41. The molecule has 0 aliphatic heterocycles. The highest BCUT2D eigenvalue weighted by Gasteiger charge is 2.11. The molecule has 3 heteroatoms. The predicted molar refractivity (Wildman–Crippen MR) is 53.6 cm³/mol. The predicted octanol–water partition coefficient (Wildman–Crippen LogP) is 1.77. The summed E-state index contributed by atoms with van der Waals surface area (Å²) in [6.07, 6.45) is 1.62. The van der Waals surface area contributed by atoms with E-state index in [-0.39, 0.29) is 0 Å². The van der Waals surface area contributed by atoms with E-state index in [1.807, 2.05) is 4.90 Å². The first kappa shape index (κ1) is 11.0. The quantitative estimate of drug-likeness (QED) is 0.301. The van der Waals surface area contributed by atoms with Crippen LogP contribution in [0.3, 0.4) is 0 Å². The highest BCUT2D eigenvalue weighted by molar-refractivity contribution is 5.57. The van der Waals surface area contributed by atoms with Crippen molar-refractivity contribution in [3.63, 3.8) is 0 Å². The molecule has 0 aromatic rings. The van der Waals surface area contributed by atoms with Crippen molar-refractivity contribution in [2.75, 3.05) is 0 Å². The van der Waals surface area contributed by atoms with Gasteiger partial charge < -0.3 is 10.7 Å². The third-order valence-corrected chi connectivity index (χ3v) is 1.75. The van der Waals surface area contributed by atoms with E-state index in [0.717, 1.165) is 5.70 Å². The van der Waals surface area contributed by atoms with E-state index in [4.69, 9.17) is 5.84 Å². The van der Waals surface area contributed by atoms with Crippen LogP contribution in [0, 0.1) is 5.92 Å². The van der Waals surface area contributed by atoms with Gasteiger partial charge in [0, 0.05) is 11.7 Å². The average Bonchev–Trinajstić information content (AvgIpc) is 1.98. The molecular weight excluding hydrogens is 150 g/mol. The molecule has 0 amide bonds. The van der Waals surface area contributed by atoms with Crippen LogP contribution in [-0.4, -0.2) is 17.3 Å². The van der Waals surface area contributed by atoms with Crippen molar-refractivity contribution in [3.05, 3.63) is 12.3 Å². The van der Waals surface area contributed by atoms with Crippen molar-refractivity contribution in [3.8, 4) is 0 Å². The molecule has 0 aromatic carbocycles. The van der Waals surface area contributed by atoms with Crippen molar-refractivity contribution in [1.82, 2.24) is 4.90 Å². The molecule has 0 unspecified atom stereocenters. The molecule has 2 N–H and O–H groups in total. The van der Waals surface area contributed by atoms with Crippen LogP contribution < -0.4 is 5.84 Å². The van der Waals surface area contributed by atoms with Gasteiger partial charge in [0.1, 0.15) is 6.34 Å². The van der Waals surface area contributed by atoms with Gasteiger partial charge in [0.25, 0.3) is 0 Å². The number of nitrogens with zero attached hydrogens (tertiary/aromatic N) is 2. The Morgan fingerprint density at radius 2 is 1.92 bits per heavy atom. The summed E-state index contributed by atoms with van der Waals surface area (Å²) in [7, 11) is 0. The van der Waals surface area contributed by atoms with Gasteiger partial charge in [0.2, 0.25) is 0 Å². The summed E-state index contributed by atoms with van der Waals surface area (Å²) in [6, 6.07) is 0.354. The van der Waals surface area contributed by atoms with Crippen LogP contribution in [0.15, 0.2) is 17.4 Å². The molecular formula is C9H19N3. The molecule has 0 aliphatic carbocycles. The van der Waals surface area contributed by atoms with Crippen molar-refractivity contribution in [2.24, 2.45) is 16.9 Å². The van der Waals surface area contributed by atoms with Crippen LogP contribution >= 0.6 is 0 Å². The Morgan fingerprint density at radius 3 is 2.17 bits per heavy atom. The maximum absolute atomic E-state index is 5.09. The Bertz CT molecular complexity index is 171. The molecule has 0 saturated carbocycles. The average molecular weight is 169 g/mol. The largest absolute Gasteiger partial charge is 0.333 e. The number of rotatable bonds is 4. The fourth-order valence-corrected chi connectivity index (χ4v) is 0.909. The van der Waals surface area contributed by atoms with E-state index in [1.54, 1.807) is 6.34 Å². The normalized spacial score (nSPS) is 11.5. The first-order valence-corrected chi connectivity index (χ1v) is 4.21. The molecule has 0 bridgehead atoms. The molecule has 0 atom stereocenters. The second kappa shape index (κ2) is 4.80. The van der Waals surface area contributed by atoms with Gasteiger partial charge in [-0.3, -0.25) is 0 Å². The third kappa shape index (κ3) is 2.95. The lowest BCUT2D eigenvalue weighted by molar-refractivity contribution is 0.396. The van der Waals surface area contributed by atoms with Gasteiger partial charge in [-0.05, 0) is 19.8 Å². The number of allylic oxidation sites excluding steroid dienone is 1. The van der Waals surface area contributed by atoms with Crippen molar-refractivity contribution < 1.29 is 0 Å². The van der Waals surface area contributed by atoms with E-state index in [0.29, 0.717) is 12.0 Å². The van der Waals surface area contributed by atoms with Crippen LogP contribution in [-0.2, 0) is 0 Å². The lowest BCUT2D eigenvalue weighted by Crippen LogP contribution is -2.30. The minimum Gasteiger partial charge on any atom is -0.333 e. The zero-order chi connectivity index (χ0) is 9.72. The summed E-state index contributed by atoms with van der Waals surface area (Å²) >= 11 is 0. The SMILES string of the molecule is C=C(C(C)C)N(/C=N\N)C(C)C. The first-order chi connectivity index (χ1) is 5.50. The molecule has 0 heterocycles. The summed E-state index contributed by atoms with van der Waals surface area (Å²) < 4.78 is 0. The van der Waals surface area contributed by atoms with E-state index < -0.39 is 0 Å². The Balaban J connectivity index is 4.40. The van der Waals surface area contributed by atoms with Crippen molar-refractivity contribution in [2.45, 2.75) is 33.7 Å². The maximum atomic E-state index is 5.09. The third-order valence-electron chi connectivity index (χ3n) is 1.75. The fraction of sp³-hybridized carbons (Fsp3) is 0.667. The highest BCUT2D eigenvalue weighted by Crippen LogP contribution is 2.13. The standard InChI is InChI=1S/C9H19N3/c1-7(2)9(5)12(6-11-10)8(3)4/h6-8H,5,10H2,1-4H3/b11-6-. The fourth-order valence-electron chi connectivity index (χ4n) is 0.909.